The first-order chi connectivity index (χ1) is 8.29. The smallest absolute Gasteiger partial charge is 0.117 e. The number of hydrogen-bond donors (Lipinski definition) is 1. The number of nitrogens with one attached hydrogen (secondary N) is 1. The van der Waals surface area contributed by atoms with Crippen LogP contribution in [-0.4, -0.2) is 30.1 Å². The summed E-state index contributed by atoms with van der Waals surface area (Å²) in [5, 5.41) is 3.55. The molecular weight excluding hydrogens is 212 g/mol. The van der Waals surface area contributed by atoms with Gasteiger partial charge in [-0.1, -0.05) is 6.92 Å². The molecule has 17 heavy (non-hydrogen) atoms. The minimum absolute atomic E-state index is 0.625. The zero-order valence-electron chi connectivity index (χ0n) is 11.0. The summed E-state index contributed by atoms with van der Waals surface area (Å²) >= 11 is 0. The Balaban J connectivity index is 1.73. The van der Waals surface area contributed by atoms with E-state index in [0.717, 1.165) is 31.4 Å². The molecule has 2 rings (SSSR count). The molecule has 1 fully saturated rings. The van der Waals surface area contributed by atoms with Crippen LogP contribution >= 0.6 is 0 Å². The van der Waals surface area contributed by atoms with E-state index in [1.54, 1.807) is 6.26 Å². The summed E-state index contributed by atoms with van der Waals surface area (Å²) in [7, 11) is 0. The van der Waals surface area contributed by atoms with Crippen molar-refractivity contribution < 1.29 is 4.42 Å². The number of rotatable bonds is 8. The fourth-order valence-corrected chi connectivity index (χ4v) is 2.03. The van der Waals surface area contributed by atoms with Crippen LogP contribution in [0.25, 0.3) is 0 Å². The fourth-order valence-electron chi connectivity index (χ4n) is 2.03. The summed E-state index contributed by atoms with van der Waals surface area (Å²) in [5.74, 6) is 1.08. The van der Waals surface area contributed by atoms with Crippen LogP contribution in [0.15, 0.2) is 22.8 Å². The molecule has 3 heteroatoms. The predicted octanol–water partition coefficient (Wildman–Crippen LogP) is 2.63. The lowest BCUT2D eigenvalue weighted by Crippen LogP contribution is -2.36. The van der Waals surface area contributed by atoms with E-state index in [1.165, 1.54) is 19.3 Å². The van der Waals surface area contributed by atoms with Gasteiger partial charge in [0.25, 0.3) is 0 Å². The second-order valence-corrected chi connectivity index (χ2v) is 5.04. The van der Waals surface area contributed by atoms with E-state index in [2.05, 4.69) is 30.1 Å². The van der Waals surface area contributed by atoms with Gasteiger partial charge in [0.1, 0.15) is 5.76 Å². The summed E-state index contributed by atoms with van der Waals surface area (Å²) in [6, 6.07) is 5.45. The van der Waals surface area contributed by atoms with Crippen LogP contribution in [-0.2, 0) is 6.54 Å². The lowest BCUT2D eigenvalue weighted by atomic mass is 10.2. The zero-order chi connectivity index (χ0) is 12.1. The zero-order valence-corrected chi connectivity index (χ0v) is 11.0. The van der Waals surface area contributed by atoms with Crippen molar-refractivity contribution in [1.82, 2.24) is 10.2 Å². The summed E-state index contributed by atoms with van der Waals surface area (Å²) in [4.78, 5) is 2.54. The van der Waals surface area contributed by atoms with Crippen LogP contribution in [0.1, 0.15) is 38.9 Å². The van der Waals surface area contributed by atoms with Crippen molar-refractivity contribution in [2.45, 2.75) is 51.7 Å². The normalized spacial score (nSPS) is 17.6. The lowest BCUT2D eigenvalue weighted by molar-refractivity contribution is 0.231. The SMILES string of the molecule is CCC(C)NCCN(Cc1ccco1)C1CC1. The van der Waals surface area contributed by atoms with Crippen LogP contribution in [0.2, 0.25) is 0 Å². The highest BCUT2D eigenvalue weighted by molar-refractivity contribution is 4.99. The molecule has 0 saturated heterocycles. The molecule has 1 aliphatic rings. The van der Waals surface area contributed by atoms with Gasteiger partial charge < -0.3 is 9.73 Å². The topological polar surface area (TPSA) is 28.4 Å². The average Bonchev–Trinajstić information content (AvgIpc) is 3.06. The van der Waals surface area contributed by atoms with Gasteiger partial charge in [-0.15, -0.1) is 0 Å². The Morgan fingerprint density at radius 2 is 2.35 bits per heavy atom. The molecule has 1 aliphatic carbocycles. The van der Waals surface area contributed by atoms with Gasteiger partial charge in [-0.25, -0.2) is 0 Å². The molecule has 0 spiro atoms. The van der Waals surface area contributed by atoms with Gasteiger partial charge in [0, 0.05) is 25.2 Å². The van der Waals surface area contributed by atoms with E-state index in [-0.39, 0.29) is 0 Å². The van der Waals surface area contributed by atoms with E-state index < -0.39 is 0 Å². The Labute approximate surface area is 104 Å². The Morgan fingerprint density at radius 1 is 1.53 bits per heavy atom. The van der Waals surface area contributed by atoms with Crippen molar-refractivity contribution in [1.29, 1.82) is 0 Å². The monoisotopic (exact) mass is 236 g/mol. The molecule has 1 heterocycles. The molecule has 0 amide bonds. The number of furan rings is 1. The molecule has 0 bridgehead atoms. The van der Waals surface area contributed by atoms with Crippen molar-refractivity contribution in [2.24, 2.45) is 0 Å². The van der Waals surface area contributed by atoms with Crippen molar-refractivity contribution in [3.8, 4) is 0 Å². The molecule has 1 aromatic heterocycles. The average molecular weight is 236 g/mol. The minimum Gasteiger partial charge on any atom is -0.468 e. The summed E-state index contributed by atoms with van der Waals surface area (Å²) in [6.07, 6.45) is 5.66. The first-order valence-electron chi connectivity index (χ1n) is 6.79. The van der Waals surface area contributed by atoms with Gasteiger partial charge in [-0.05, 0) is 38.3 Å². The molecule has 0 aliphatic heterocycles. The quantitative estimate of drug-likeness (QED) is 0.752. The van der Waals surface area contributed by atoms with Crippen LogP contribution < -0.4 is 5.32 Å². The van der Waals surface area contributed by atoms with Crippen LogP contribution in [0.5, 0.6) is 0 Å². The first kappa shape index (κ1) is 12.7. The van der Waals surface area contributed by atoms with Gasteiger partial charge in [0.05, 0.1) is 12.8 Å². The summed E-state index contributed by atoms with van der Waals surface area (Å²) in [6.45, 7) is 7.62. The van der Waals surface area contributed by atoms with E-state index in [9.17, 15) is 0 Å². The maximum atomic E-state index is 5.43. The third kappa shape index (κ3) is 4.17. The molecule has 3 nitrogen and oxygen atoms in total. The van der Waals surface area contributed by atoms with Gasteiger partial charge >= 0.3 is 0 Å². The second kappa shape index (κ2) is 6.22. The van der Waals surface area contributed by atoms with Crippen LogP contribution in [0.4, 0.5) is 0 Å². The highest BCUT2D eigenvalue weighted by Gasteiger charge is 2.28. The molecule has 1 aromatic rings. The Kier molecular flexibility index (Phi) is 4.63. The van der Waals surface area contributed by atoms with Crippen LogP contribution in [0.3, 0.4) is 0 Å². The molecule has 1 saturated carbocycles. The maximum Gasteiger partial charge on any atom is 0.117 e. The molecule has 1 N–H and O–H groups in total. The lowest BCUT2D eigenvalue weighted by Gasteiger charge is -2.22. The molecule has 0 aromatic carbocycles. The third-order valence-electron chi connectivity index (χ3n) is 3.51. The molecule has 1 unspecified atom stereocenters. The van der Waals surface area contributed by atoms with E-state index >= 15 is 0 Å². The number of hydrogen-bond acceptors (Lipinski definition) is 3. The number of nitrogens with zero attached hydrogens (tertiary/aromatic N) is 1. The largest absolute Gasteiger partial charge is 0.468 e. The van der Waals surface area contributed by atoms with Gasteiger partial charge in [0.2, 0.25) is 0 Å². The van der Waals surface area contributed by atoms with Crippen molar-refractivity contribution in [3.63, 3.8) is 0 Å². The maximum absolute atomic E-state index is 5.43. The Morgan fingerprint density at radius 3 is 2.94 bits per heavy atom. The minimum atomic E-state index is 0.625. The van der Waals surface area contributed by atoms with Crippen molar-refractivity contribution in [2.75, 3.05) is 13.1 Å². The molecular formula is C14H24N2O. The van der Waals surface area contributed by atoms with Crippen molar-refractivity contribution in [3.05, 3.63) is 24.2 Å². The van der Waals surface area contributed by atoms with Crippen molar-refractivity contribution >= 4 is 0 Å². The fraction of sp³-hybridized carbons (Fsp3) is 0.714. The molecule has 0 radical (unpaired) electrons. The standard InChI is InChI=1S/C14H24N2O/c1-3-12(2)15-8-9-16(13-6-7-13)11-14-5-4-10-17-14/h4-5,10,12-13,15H,3,6-9,11H2,1-2H3. The Hall–Kier alpha value is -0.800. The van der Waals surface area contributed by atoms with E-state index in [0.29, 0.717) is 6.04 Å². The van der Waals surface area contributed by atoms with Gasteiger partial charge in [-0.3, -0.25) is 4.90 Å². The van der Waals surface area contributed by atoms with Crippen LogP contribution in [0, 0.1) is 0 Å². The van der Waals surface area contributed by atoms with E-state index in [4.69, 9.17) is 4.42 Å². The molecule has 96 valence electrons. The van der Waals surface area contributed by atoms with E-state index in [1.807, 2.05) is 6.07 Å². The highest BCUT2D eigenvalue weighted by atomic mass is 16.3. The predicted molar refractivity (Wildman–Crippen MR) is 69.9 cm³/mol. The van der Waals surface area contributed by atoms with Gasteiger partial charge in [0.15, 0.2) is 0 Å². The first-order valence-corrected chi connectivity index (χ1v) is 6.79. The molecule has 1 atom stereocenters. The van der Waals surface area contributed by atoms with Gasteiger partial charge in [-0.2, -0.15) is 0 Å². The summed E-state index contributed by atoms with van der Waals surface area (Å²) < 4.78 is 5.43. The third-order valence-corrected chi connectivity index (χ3v) is 3.51. The second-order valence-electron chi connectivity index (χ2n) is 5.04. The summed E-state index contributed by atoms with van der Waals surface area (Å²) in [5.41, 5.74) is 0. The Bertz CT molecular complexity index is 306. The highest BCUT2D eigenvalue weighted by Crippen LogP contribution is 2.27.